The summed E-state index contributed by atoms with van der Waals surface area (Å²) in [5, 5.41) is 0. The second-order valence-electron chi connectivity index (χ2n) is 6.79. The molecule has 0 spiro atoms. The van der Waals surface area contributed by atoms with E-state index in [2.05, 4.69) is 24.3 Å². The van der Waals surface area contributed by atoms with Crippen molar-refractivity contribution in [1.29, 1.82) is 0 Å². The van der Waals surface area contributed by atoms with Gasteiger partial charge in [0, 0.05) is 0 Å². The normalized spacial score (nSPS) is 38.4. The maximum absolute atomic E-state index is 2.43. The number of rotatable bonds is 0. The number of benzene rings is 1. The van der Waals surface area contributed by atoms with Crippen LogP contribution in [0.15, 0.2) is 24.3 Å². The van der Waals surface area contributed by atoms with E-state index in [-0.39, 0.29) is 0 Å². The van der Waals surface area contributed by atoms with Crippen molar-refractivity contribution in [2.45, 2.75) is 57.3 Å². The molecule has 0 bridgehead atoms. The van der Waals surface area contributed by atoms with Crippen LogP contribution in [-0.2, 0) is 6.42 Å². The minimum Gasteiger partial charge on any atom is -0.0620 e. The molecule has 0 aromatic heterocycles. The fraction of sp³-hybridized carbons (Fsp3) is 0.667. The highest BCUT2D eigenvalue weighted by atomic mass is 14.5. The Bertz CT molecular complexity index is 433. The molecule has 4 unspecified atom stereocenters. The summed E-state index contributed by atoms with van der Waals surface area (Å²) in [6.07, 6.45) is 11.9. The molecule has 0 radical (unpaired) electrons. The SMILES string of the molecule is c1ccc2c(c1)CCC1C2CCC2CCCCC21. The second-order valence-corrected chi connectivity index (χ2v) is 6.79. The Hall–Kier alpha value is -0.780. The molecule has 0 nitrogen and oxygen atoms in total. The van der Waals surface area contributed by atoms with Gasteiger partial charge in [0.2, 0.25) is 0 Å². The number of hydrogen-bond donors (Lipinski definition) is 0. The first-order valence-corrected chi connectivity index (χ1v) is 8.01. The van der Waals surface area contributed by atoms with Gasteiger partial charge < -0.3 is 0 Å². The van der Waals surface area contributed by atoms with Crippen molar-refractivity contribution < 1.29 is 0 Å². The van der Waals surface area contributed by atoms with Crippen molar-refractivity contribution in [3.8, 4) is 0 Å². The molecule has 18 heavy (non-hydrogen) atoms. The van der Waals surface area contributed by atoms with E-state index in [4.69, 9.17) is 0 Å². The van der Waals surface area contributed by atoms with Crippen LogP contribution in [-0.4, -0.2) is 0 Å². The van der Waals surface area contributed by atoms with Crippen LogP contribution in [0.5, 0.6) is 0 Å². The van der Waals surface area contributed by atoms with Gasteiger partial charge in [-0.1, -0.05) is 43.5 Å². The molecular formula is C18H24. The van der Waals surface area contributed by atoms with Crippen LogP contribution in [0.4, 0.5) is 0 Å². The van der Waals surface area contributed by atoms with Gasteiger partial charge in [-0.15, -0.1) is 0 Å². The Morgan fingerprint density at radius 1 is 0.778 bits per heavy atom. The van der Waals surface area contributed by atoms with Gasteiger partial charge in [0.05, 0.1) is 0 Å². The largest absolute Gasteiger partial charge is 0.0620 e. The summed E-state index contributed by atoms with van der Waals surface area (Å²) >= 11 is 0. The molecule has 2 fully saturated rings. The Morgan fingerprint density at radius 3 is 2.67 bits per heavy atom. The van der Waals surface area contributed by atoms with Gasteiger partial charge in [-0.05, 0) is 66.9 Å². The average Bonchev–Trinajstić information content (AvgIpc) is 2.46. The predicted octanol–water partition coefficient (Wildman–Crippen LogP) is 4.93. The monoisotopic (exact) mass is 240 g/mol. The quantitative estimate of drug-likeness (QED) is 0.603. The predicted molar refractivity (Wildman–Crippen MR) is 75.7 cm³/mol. The van der Waals surface area contributed by atoms with Crippen LogP contribution in [0.2, 0.25) is 0 Å². The maximum atomic E-state index is 2.43. The Kier molecular flexibility index (Phi) is 2.71. The number of hydrogen-bond acceptors (Lipinski definition) is 0. The molecule has 2 saturated carbocycles. The van der Waals surface area contributed by atoms with Crippen molar-refractivity contribution in [2.24, 2.45) is 17.8 Å². The highest BCUT2D eigenvalue weighted by Crippen LogP contribution is 2.53. The van der Waals surface area contributed by atoms with Crippen LogP contribution >= 0.6 is 0 Å². The highest BCUT2D eigenvalue weighted by Gasteiger charge is 2.42. The third-order valence-electron chi connectivity index (χ3n) is 6.08. The standard InChI is InChI=1S/C18H24/c1-3-7-15-13(5-1)9-11-18-16-8-4-2-6-14(16)10-12-17(15)18/h1,3,5,7,14,16-18H,2,4,6,8-12H2. The summed E-state index contributed by atoms with van der Waals surface area (Å²) in [6.45, 7) is 0. The molecule has 1 aromatic rings. The highest BCUT2D eigenvalue weighted by molar-refractivity contribution is 5.34. The van der Waals surface area contributed by atoms with E-state index in [9.17, 15) is 0 Å². The van der Waals surface area contributed by atoms with Gasteiger partial charge >= 0.3 is 0 Å². The van der Waals surface area contributed by atoms with E-state index in [0.717, 1.165) is 23.7 Å². The van der Waals surface area contributed by atoms with Crippen LogP contribution in [0.1, 0.15) is 62.0 Å². The lowest BCUT2D eigenvalue weighted by atomic mass is 9.57. The first-order chi connectivity index (χ1) is 8.93. The van der Waals surface area contributed by atoms with Crippen LogP contribution in [0.3, 0.4) is 0 Å². The second kappa shape index (κ2) is 4.40. The first-order valence-electron chi connectivity index (χ1n) is 8.01. The van der Waals surface area contributed by atoms with Gasteiger partial charge in [0.1, 0.15) is 0 Å². The molecule has 3 aliphatic rings. The lowest BCUT2D eigenvalue weighted by Gasteiger charge is -2.48. The van der Waals surface area contributed by atoms with E-state index in [0.29, 0.717) is 0 Å². The zero-order chi connectivity index (χ0) is 11.9. The molecule has 0 heterocycles. The van der Waals surface area contributed by atoms with Crippen molar-refractivity contribution >= 4 is 0 Å². The van der Waals surface area contributed by atoms with Gasteiger partial charge in [0.15, 0.2) is 0 Å². The lowest BCUT2D eigenvalue weighted by Crippen LogP contribution is -2.38. The summed E-state index contributed by atoms with van der Waals surface area (Å²) in [7, 11) is 0. The van der Waals surface area contributed by atoms with Crippen molar-refractivity contribution in [3.05, 3.63) is 35.4 Å². The number of aryl methyl sites for hydroxylation is 1. The molecule has 4 atom stereocenters. The average molecular weight is 240 g/mol. The fourth-order valence-corrected chi connectivity index (χ4v) is 5.31. The topological polar surface area (TPSA) is 0 Å². The molecule has 96 valence electrons. The minimum atomic E-state index is 0.911. The van der Waals surface area contributed by atoms with Gasteiger partial charge in [-0.25, -0.2) is 0 Å². The van der Waals surface area contributed by atoms with Gasteiger partial charge in [-0.3, -0.25) is 0 Å². The molecule has 0 amide bonds. The summed E-state index contributed by atoms with van der Waals surface area (Å²) in [4.78, 5) is 0. The summed E-state index contributed by atoms with van der Waals surface area (Å²) in [6, 6.07) is 9.29. The Labute approximate surface area is 111 Å². The fourth-order valence-electron chi connectivity index (χ4n) is 5.31. The maximum Gasteiger partial charge on any atom is -0.0128 e. The molecule has 0 aliphatic heterocycles. The van der Waals surface area contributed by atoms with Crippen molar-refractivity contribution in [1.82, 2.24) is 0 Å². The third kappa shape index (κ3) is 1.65. The van der Waals surface area contributed by atoms with Gasteiger partial charge in [0.25, 0.3) is 0 Å². The van der Waals surface area contributed by atoms with E-state index >= 15 is 0 Å². The Balaban J connectivity index is 1.67. The van der Waals surface area contributed by atoms with E-state index < -0.39 is 0 Å². The minimum absolute atomic E-state index is 0.911. The molecule has 0 saturated heterocycles. The zero-order valence-electron chi connectivity index (χ0n) is 11.3. The lowest BCUT2D eigenvalue weighted by molar-refractivity contribution is 0.0737. The smallest absolute Gasteiger partial charge is 0.0128 e. The third-order valence-corrected chi connectivity index (χ3v) is 6.08. The molecule has 1 aromatic carbocycles. The molecule has 0 N–H and O–H groups in total. The Morgan fingerprint density at radius 2 is 1.67 bits per heavy atom. The molecule has 4 rings (SSSR count). The van der Waals surface area contributed by atoms with E-state index in [1.165, 1.54) is 51.4 Å². The molecule has 0 heteroatoms. The van der Waals surface area contributed by atoms with Crippen LogP contribution in [0.25, 0.3) is 0 Å². The molecule has 3 aliphatic carbocycles. The summed E-state index contributed by atoms with van der Waals surface area (Å²) in [5.74, 6) is 4.10. The van der Waals surface area contributed by atoms with Crippen LogP contribution < -0.4 is 0 Å². The van der Waals surface area contributed by atoms with E-state index in [1.807, 2.05) is 0 Å². The van der Waals surface area contributed by atoms with Crippen molar-refractivity contribution in [3.63, 3.8) is 0 Å². The molecular weight excluding hydrogens is 216 g/mol. The summed E-state index contributed by atoms with van der Waals surface area (Å²) < 4.78 is 0. The number of fused-ring (bicyclic) bond motifs is 5. The van der Waals surface area contributed by atoms with Crippen molar-refractivity contribution in [2.75, 3.05) is 0 Å². The zero-order valence-corrected chi connectivity index (χ0v) is 11.3. The van der Waals surface area contributed by atoms with E-state index in [1.54, 1.807) is 11.1 Å². The summed E-state index contributed by atoms with van der Waals surface area (Å²) in [5.41, 5.74) is 3.38. The van der Waals surface area contributed by atoms with Crippen LogP contribution in [0, 0.1) is 17.8 Å². The van der Waals surface area contributed by atoms with Gasteiger partial charge in [-0.2, -0.15) is 0 Å². The first kappa shape index (κ1) is 11.1.